The maximum Gasteiger partial charge on any atom is 0.0234 e. The molecule has 206 valence electrons. The summed E-state index contributed by atoms with van der Waals surface area (Å²) in [5.41, 5.74) is 2.60. The van der Waals surface area contributed by atoms with Crippen molar-refractivity contribution in [2.24, 2.45) is 29.6 Å². The molecule has 1 heterocycles. The van der Waals surface area contributed by atoms with Gasteiger partial charge in [0, 0.05) is 37.2 Å². The van der Waals surface area contributed by atoms with Gasteiger partial charge in [0.25, 0.3) is 0 Å². The van der Waals surface area contributed by atoms with Crippen LogP contribution in [0.4, 0.5) is 0 Å². The molecule has 7 unspecified atom stereocenters. The van der Waals surface area contributed by atoms with Crippen molar-refractivity contribution in [1.82, 2.24) is 4.98 Å². The zero-order valence-electron chi connectivity index (χ0n) is 24.5. The second-order valence-corrected chi connectivity index (χ2v) is 12.0. The van der Waals surface area contributed by atoms with Gasteiger partial charge in [-0.3, -0.25) is 4.98 Å². The molecule has 0 saturated heterocycles. The van der Waals surface area contributed by atoms with Crippen molar-refractivity contribution in [3.05, 3.63) is 56.2 Å². The zero-order chi connectivity index (χ0) is 23.2. The summed E-state index contributed by atoms with van der Waals surface area (Å²) in [7, 11) is 0. The number of pyridine rings is 1. The summed E-state index contributed by atoms with van der Waals surface area (Å²) in [6, 6.07) is 7.70. The van der Waals surface area contributed by atoms with E-state index in [2.05, 4.69) is 52.3 Å². The van der Waals surface area contributed by atoms with Crippen molar-refractivity contribution in [3.8, 4) is 0 Å². The average Bonchev–Trinajstić information content (AvgIpc) is 2.84. The first kappa shape index (κ1) is 34.0. The Labute approximate surface area is 244 Å². The molecular formula is C33H56HfN2-4. The van der Waals surface area contributed by atoms with E-state index in [1.54, 1.807) is 0 Å². The van der Waals surface area contributed by atoms with Crippen LogP contribution in [0.15, 0.2) is 18.2 Å². The van der Waals surface area contributed by atoms with Crippen molar-refractivity contribution in [2.45, 2.75) is 129 Å². The standard InChI is InChI=1S/C31H50N2.2CH3.Hf/c1-5-13-25-17-11-19-26(22(2)3)30(25)33-31(27-18-10-9-14-23(27)4)29-21-12-20-28(32-29)24-15-7-6-8-16-24;;;/h12,15,20-27,30-31H,5-11,13-14,16-19H2,1-4H3;2*1H3;/q-2;2*-1;. The number of hydrogen-bond donors (Lipinski definition) is 0. The Morgan fingerprint density at radius 3 is 2.33 bits per heavy atom. The van der Waals surface area contributed by atoms with Crippen molar-refractivity contribution < 1.29 is 25.8 Å². The summed E-state index contributed by atoms with van der Waals surface area (Å²) < 4.78 is 0. The van der Waals surface area contributed by atoms with E-state index in [1.807, 2.05) is 0 Å². The van der Waals surface area contributed by atoms with Crippen LogP contribution < -0.4 is 0 Å². The summed E-state index contributed by atoms with van der Waals surface area (Å²) in [6.45, 7) is 9.74. The van der Waals surface area contributed by atoms with E-state index in [0.29, 0.717) is 17.9 Å². The Bertz CT molecular complexity index is 711. The van der Waals surface area contributed by atoms with E-state index < -0.39 is 0 Å². The van der Waals surface area contributed by atoms with Crippen LogP contribution >= 0.6 is 0 Å². The third kappa shape index (κ3) is 8.49. The summed E-state index contributed by atoms with van der Waals surface area (Å²) in [5.74, 6) is 4.20. The molecule has 3 aliphatic carbocycles. The minimum Gasteiger partial charge on any atom is -0.651 e. The van der Waals surface area contributed by atoms with E-state index in [4.69, 9.17) is 10.3 Å². The third-order valence-electron chi connectivity index (χ3n) is 9.36. The van der Waals surface area contributed by atoms with Crippen molar-refractivity contribution in [1.29, 1.82) is 0 Å². The van der Waals surface area contributed by atoms with Gasteiger partial charge in [0.15, 0.2) is 0 Å². The molecule has 3 heteroatoms. The van der Waals surface area contributed by atoms with Gasteiger partial charge >= 0.3 is 0 Å². The molecule has 3 saturated carbocycles. The number of nitrogens with zero attached hydrogens (tertiary/aromatic N) is 2. The van der Waals surface area contributed by atoms with Gasteiger partial charge in [0.2, 0.25) is 0 Å². The van der Waals surface area contributed by atoms with E-state index in [1.165, 1.54) is 94.9 Å². The van der Waals surface area contributed by atoms with Crippen LogP contribution in [0, 0.1) is 50.9 Å². The second kappa shape index (κ2) is 16.8. The molecule has 36 heavy (non-hydrogen) atoms. The van der Waals surface area contributed by atoms with Gasteiger partial charge in [0.1, 0.15) is 0 Å². The predicted octanol–water partition coefficient (Wildman–Crippen LogP) is 10.3. The Kier molecular flexibility index (Phi) is 15.9. The van der Waals surface area contributed by atoms with Crippen molar-refractivity contribution >= 4 is 0 Å². The van der Waals surface area contributed by atoms with E-state index >= 15 is 0 Å². The molecule has 1 aromatic heterocycles. The summed E-state index contributed by atoms with van der Waals surface area (Å²) >= 11 is 0. The van der Waals surface area contributed by atoms with Gasteiger partial charge in [0.05, 0.1) is 0 Å². The minimum atomic E-state index is 0. The van der Waals surface area contributed by atoms with Gasteiger partial charge in [-0.2, -0.15) is 6.42 Å². The number of hydrogen-bond acceptors (Lipinski definition) is 1. The fourth-order valence-electron chi connectivity index (χ4n) is 7.41. The normalized spacial score (nSPS) is 31.5. The van der Waals surface area contributed by atoms with E-state index in [-0.39, 0.29) is 46.7 Å². The summed E-state index contributed by atoms with van der Waals surface area (Å²) in [6.07, 6.45) is 20.0. The quantitative estimate of drug-likeness (QED) is 0.202. The first-order valence-corrected chi connectivity index (χ1v) is 14.6. The Hall–Kier alpha value is -0.0199. The van der Waals surface area contributed by atoms with Gasteiger partial charge < -0.3 is 26.6 Å². The first-order chi connectivity index (χ1) is 16.1. The summed E-state index contributed by atoms with van der Waals surface area (Å²) in [4.78, 5) is 5.39. The molecule has 7 atom stereocenters. The van der Waals surface area contributed by atoms with Crippen LogP contribution in [0.25, 0.3) is 5.32 Å². The Balaban J connectivity index is 0.00000216. The fourth-order valence-corrected chi connectivity index (χ4v) is 7.41. The molecular weight excluding hydrogens is 603 g/mol. The minimum absolute atomic E-state index is 0. The van der Waals surface area contributed by atoms with Gasteiger partial charge in [-0.05, 0) is 29.9 Å². The number of aromatic nitrogens is 1. The molecule has 1 aromatic rings. The maximum atomic E-state index is 5.90. The van der Waals surface area contributed by atoms with Crippen molar-refractivity contribution in [2.75, 3.05) is 0 Å². The largest absolute Gasteiger partial charge is 0.651 e. The van der Waals surface area contributed by atoms with Crippen LogP contribution in [0.5, 0.6) is 0 Å². The second-order valence-electron chi connectivity index (χ2n) is 12.0. The maximum absolute atomic E-state index is 5.90. The molecule has 0 spiro atoms. The molecule has 0 aromatic carbocycles. The first-order valence-electron chi connectivity index (χ1n) is 14.6. The van der Waals surface area contributed by atoms with Crippen LogP contribution in [0.3, 0.4) is 0 Å². The van der Waals surface area contributed by atoms with Crippen LogP contribution in [0.2, 0.25) is 0 Å². The molecule has 3 aliphatic rings. The van der Waals surface area contributed by atoms with Crippen LogP contribution in [-0.4, -0.2) is 11.0 Å². The smallest absolute Gasteiger partial charge is 0.0234 e. The SMILES string of the molecule is CCCC1CCCC(C(C)C)C1[N-]C(c1cccc(C2[CH-]CCCC2)n1)C1CCCCC1C.[CH3-].[CH3-].[Hf]. The Morgan fingerprint density at radius 2 is 1.67 bits per heavy atom. The predicted molar refractivity (Wildman–Crippen MR) is 154 cm³/mol. The van der Waals surface area contributed by atoms with E-state index in [0.717, 1.165) is 23.7 Å². The van der Waals surface area contributed by atoms with Crippen LogP contribution in [0.1, 0.15) is 135 Å². The van der Waals surface area contributed by atoms with E-state index in [9.17, 15) is 0 Å². The topological polar surface area (TPSA) is 27.0 Å². The average molecular weight is 659 g/mol. The van der Waals surface area contributed by atoms with Gasteiger partial charge in [-0.25, -0.2) is 0 Å². The zero-order valence-corrected chi connectivity index (χ0v) is 28.1. The third-order valence-corrected chi connectivity index (χ3v) is 9.36. The molecule has 0 N–H and O–H groups in total. The molecule has 3 fully saturated rings. The molecule has 0 aliphatic heterocycles. The molecule has 0 bridgehead atoms. The Morgan fingerprint density at radius 1 is 0.944 bits per heavy atom. The fraction of sp³-hybridized carbons (Fsp3) is 0.758. The van der Waals surface area contributed by atoms with Crippen LogP contribution in [-0.2, 0) is 25.8 Å². The summed E-state index contributed by atoms with van der Waals surface area (Å²) in [5, 5.41) is 5.90. The van der Waals surface area contributed by atoms with Gasteiger partial charge in [-0.1, -0.05) is 129 Å². The molecule has 0 amide bonds. The molecule has 2 nitrogen and oxygen atoms in total. The van der Waals surface area contributed by atoms with Crippen molar-refractivity contribution in [3.63, 3.8) is 0 Å². The molecule has 4 rings (SSSR count). The monoisotopic (exact) mass is 660 g/mol. The molecule has 0 radical (unpaired) electrons. The number of rotatable bonds is 8. The van der Waals surface area contributed by atoms with Gasteiger partial charge in [-0.15, -0.1) is 12.0 Å².